The van der Waals surface area contributed by atoms with E-state index in [0.29, 0.717) is 38.0 Å². The third-order valence-corrected chi connectivity index (χ3v) is 4.67. The van der Waals surface area contributed by atoms with Crippen molar-refractivity contribution in [1.29, 1.82) is 0 Å². The van der Waals surface area contributed by atoms with Crippen LogP contribution in [-0.2, 0) is 11.2 Å². The smallest absolute Gasteiger partial charge is 0.406 e. The number of ether oxygens (including phenoxy) is 2. The first-order valence-electron chi connectivity index (χ1n) is 7.61. The molecule has 2 aliphatic heterocycles. The highest BCUT2D eigenvalue weighted by atomic mass is 19.4. The summed E-state index contributed by atoms with van der Waals surface area (Å²) >= 11 is 0. The van der Waals surface area contributed by atoms with E-state index in [1.165, 1.54) is 18.2 Å². The minimum absolute atomic E-state index is 0.141. The van der Waals surface area contributed by atoms with Gasteiger partial charge in [0.2, 0.25) is 0 Å². The summed E-state index contributed by atoms with van der Waals surface area (Å²) in [5.74, 6) is -0.255. The standard InChI is InChI=1S/C16H20F3NO3/c1-20-12-7-15(21,8-13(20)10-22-9-12)6-11-3-2-4-14(5-11)23-16(17,18)19/h2-5,12-13,21H,6-10H2,1H3. The Balaban J connectivity index is 1.72. The van der Waals surface area contributed by atoms with Crippen molar-refractivity contribution in [3.05, 3.63) is 29.8 Å². The molecule has 2 unspecified atom stereocenters. The van der Waals surface area contributed by atoms with E-state index in [0.717, 1.165) is 0 Å². The summed E-state index contributed by atoms with van der Waals surface area (Å²) in [4.78, 5) is 2.22. The van der Waals surface area contributed by atoms with Crippen LogP contribution in [-0.4, -0.2) is 54.3 Å². The summed E-state index contributed by atoms with van der Waals surface area (Å²) in [5, 5.41) is 10.9. The van der Waals surface area contributed by atoms with Gasteiger partial charge < -0.3 is 14.6 Å². The summed E-state index contributed by atoms with van der Waals surface area (Å²) in [5.41, 5.74) is -0.291. The number of hydrogen-bond acceptors (Lipinski definition) is 4. The van der Waals surface area contributed by atoms with Gasteiger partial charge in [-0.2, -0.15) is 0 Å². The van der Waals surface area contributed by atoms with Gasteiger partial charge in [0.05, 0.1) is 18.8 Å². The number of hydrogen-bond donors (Lipinski definition) is 1. The number of nitrogens with zero attached hydrogens (tertiary/aromatic N) is 1. The van der Waals surface area contributed by atoms with E-state index in [-0.39, 0.29) is 17.8 Å². The summed E-state index contributed by atoms with van der Waals surface area (Å²) in [7, 11) is 2.02. The highest BCUT2D eigenvalue weighted by Crippen LogP contribution is 2.36. The first kappa shape index (κ1) is 16.5. The monoisotopic (exact) mass is 331 g/mol. The van der Waals surface area contributed by atoms with Crippen molar-refractivity contribution >= 4 is 0 Å². The summed E-state index contributed by atoms with van der Waals surface area (Å²) in [6.07, 6.45) is -3.31. The number of morpholine rings is 1. The second-order valence-corrected chi connectivity index (χ2v) is 6.52. The Hall–Kier alpha value is -1.31. The maximum atomic E-state index is 12.3. The molecule has 2 atom stereocenters. The van der Waals surface area contributed by atoms with Gasteiger partial charge in [0.25, 0.3) is 0 Å². The maximum absolute atomic E-state index is 12.3. The van der Waals surface area contributed by atoms with Gasteiger partial charge in [-0.15, -0.1) is 13.2 Å². The number of benzene rings is 1. The van der Waals surface area contributed by atoms with Crippen LogP contribution in [0, 0.1) is 0 Å². The third kappa shape index (κ3) is 3.97. The predicted molar refractivity (Wildman–Crippen MR) is 77.2 cm³/mol. The third-order valence-electron chi connectivity index (χ3n) is 4.67. The zero-order valence-electron chi connectivity index (χ0n) is 12.8. The minimum atomic E-state index is -4.71. The predicted octanol–water partition coefficient (Wildman–Crippen LogP) is 2.35. The minimum Gasteiger partial charge on any atom is -0.406 e. The number of fused-ring (bicyclic) bond motifs is 2. The van der Waals surface area contributed by atoms with Crippen LogP contribution in [0.5, 0.6) is 5.75 Å². The largest absolute Gasteiger partial charge is 0.573 e. The molecular weight excluding hydrogens is 311 g/mol. The van der Waals surface area contributed by atoms with Crippen molar-refractivity contribution in [2.45, 2.75) is 43.3 Å². The highest BCUT2D eigenvalue weighted by molar-refractivity contribution is 5.30. The zero-order valence-corrected chi connectivity index (χ0v) is 12.8. The van der Waals surface area contributed by atoms with Crippen molar-refractivity contribution in [2.24, 2.45) is 0 Å². The molecule has 128 valence electrons. The lowest BCUT2D eigenvalue weighted by molar-refractivity contribution is -0.274. The number of aliphatic hydroxyl groups is 1. The van der Waals surface area contributed by atoms with E-state index < -0.39 is 12.0 Å². The SMILES string of the molecule is CN1C2COCC1CC(O)(Cc1cccc(OC(F)(F)F)c1)C2. The fourth-order valence-corrected chi connectivity index (χ4v) is 3.62. The molecule has 23 heavy (non-hydrogen) atoms. The number of rotatable bonds is 3. The quantitative estimate of drug-likeness (QED) is 0.923. The Morgan fingerprint density at radius 2 is 1.96 bits per heavy atom. The molecule has 0 amide bonds. The number of alkyl halides is 3. The van der Waals surface area contributed by atoms with Crippen LogP contribution in [0.1, 0.15) is 18.4 Å². The molecule has 1 aromatic carbocycles. The molecule has 0 saturated carbocycles. The molecule has 2 bridgehead atoms. The molecule has 1 aromatic rings. The molecule has 4 nitrogen and oxygen atoms in total. The highest BCUT2D eigenvalue weighted by Gasteiger charge is 2.44. The van der Waals surface area contributed by atoms with Crippen molar-refractivity contribution in [1.82, 2.24) is 4.90 Å². The van der Waals surface area contributed by atoms with E-state index in [1.54, 1.807) is 6.07 Å². The molecule has 2 aliphatic rings. The Kier molecular flexibility index (Phi) is 4.29. The molecule has 2 fully saturated rings. The van der Waals surface area contributed by atoms with Gasteiger partial charge in [0.1, 0.15) is 5.75 Å². The van der Waals surface area contributed by atoms with Crippen LogP contribution in [0.15, 0.2) is 24.3 Å². The van der Waals surface area contributed by atoms with E-state index in [2.05, 4.69) is 9.64 Å². The molecule has 0 aromatic heterocycles. The molecule has 0 spiro atoms. The molecule has 3 rings (SSSR count). The molecule has 2 saturated heterocycles. The van der Waals surface area contributed by atoms with Crippen molar-refractivity contribution < 1.29 is 27.8 Å². The summed E-state index contributed by atoms with van der Waals surface area (Å²) in [6, 6.07) is 6.11. The van der Waals surface area contributed by atoms with Gasteiger partial charge in [0.15, 0.2) is 0 Å². The van der Waals surface area contributed by atoms with Gasteiger partial charge >= 0.3 is 6.36 Å². The average molecular weight is 331 g/mol. The fourth-order valence-electron chi connectivity index (χ4n) is 3.62. The Morgan fingerprint density at radius 1 is 1.30 bits per heavy atom. The Morgan fingerprint density at radius 3 is 2.57 bits per heavy atom. The van der Waals surface area contributed by atoms with E-state index in [9.17, 15) is 18.3 Å². The van der Waals surface area contributed by atoms with E-state index >= 15 is 0 Å². The van der Waals surface area contributed by atoms with Crippen LogP contribution in [0.2, 0.25) is 0 Å². The zero-order chi connectivity index (χ0) is 16.7. The molecule has 7 heteroatoms. The first-order valence-corrected chi connectivity index (χ1v) is 7.61. The van der Waals surface area contributed by atoms with Crippen molar-refractivity contribution in [3.8, 4) is 5.75 Å². The summed E-state index contributed by atoms with van der Waals surface area (Å²) < 4.78 is 46.4. The van der Waals surface area contributed by atoms with Crippen LogP contribution < -0.4 is 4.74 Å². The average Bonchev–Trinajstić information content (AvgIpc) is 2.39. The molecule has 0 aliphatic carbocycles. The van der Waals surface area contributed by atoms with Gasteiger partial charge in [-0.1, -0.05) is 12.1 Å². The van der Waals surface area contributed by atoms with Crippen LogP contribution in [0.25, 0.3) is 0 Å². The van der Waals surface area contributed by atoms with Crippen molar-refractivity contribution in [2.75, 3.05) is 20.3 Å². The normalized spacial score (nSPS) is 31.9. The van der Waals surface area contributed by atoms with Gasteiger partial charge in [-0.3, -0.25) is 4.90 Å². The fraction of sp³-hybridized carbons (Fsp3) is 0.625. The first-order chi connectivity index (χ1) is 10.7. The van der Waals surface area contributed by atoms with Gasteiger partial charge in [-0.25, -0.2) is 0 Å². The van der Waals surface area contributed by atoms with E-state index in [1.807, 2.05) is 7.05 Å². The van der Waals surface area contributed by atoms with Gasteiger partial charge in [0, 0.05) is 18.5 Å². The van der Waals surface area contributed by atoms with Gasteiger partial charge in [-0.05, 0) is 37.6 Å². The summed E-state index contributed by atoms with van der Waals surface area (Å²) in [6.45, 7) is 1.15. The number of piperidine rings is 1. The second kappa shape index (κ2) is 5.96. The lowest BCUT2D eigenvalue weighted by atomic mass is 9.78. The van der Waals surface area contributed by atoms with Crippen LogP contribution in [0.4, 0.5) is 13.2 Å². The Labute approximate surface area is 132 Å². The lowest BCUT2D eigenvalue weighted by Gasteiger charge is -2.50. The lowest BCUT2D eigenvalue weighted by Crippen LogP contribution is -2.60. The Bertz CT molecular complexity index is 550. The molecule has 1 N–H and O–H groups in total. The number of halogens is 3. The molecular formula is C16H20F3NO3. The van der Waals surface area contributed by atoms with Crippen LogP contribution >= 0.6 is 0 Å². The van der Waals surface area contributed by atoms with E-state index in [4.69, 9.17) is 4.74 Å². The van der Waals surface area contributed by atoms with Crippen LogP contribution in [0.3, 0.4) is 0 Å². The molecule has 2 heterocycles. The second-order valence-electron chi connectivity index (χ2n) is 6.52. The maximum Gasteiger partial charge on any atom is 0.573 e. The molecule has 0 radical (unpaired) electrons. The van der Waals surface area contributed by atoms with Crippen molar-refractivity contribution in [3.63, 3.8) is 0 Å². The number of likely N-dealkylation sites (N-methyl/N-ethyl adjacent to an activating group) is 1. The topological polar surface area (TPSA) is 41.9 Å².